The Morgan fingerprint density at radius 2 is 1.95 bits per heavy atom. The van der Waals surface area contributed by atoms with Crippen LogP contribution in [0.3, 0.4) is 0 Å². The van der Waals surface area contributed by atoms with Crippen molar-refractivity contribution in [1.29, 1.82) is 0 Å². The minimum absolute atomic E-state index is 0.317. The van der Waals surface area contributed by atoms with Gasteiger partial charge < -0.3 is 10.5 Å². The highest BCUT2D eigenvalue weighted by atomic mass is 35.5. The molecule has 0 saturated heterocycles. The Morgan fingerprint density at radius 3 is 2.63 bits per heavy atom. The van der Waals surface area contributed by atoms with Crippen LogP contribution < -0.4 is 10.5 Å². The van der Waals surface area contributed by atoms with Gasteiger partial charge in [0, 0.05) is 6.20 Å². The standard InChI is InChI=1S/C14H14Cl2N2O/c1-2-19-11-5-10(7-18-8-11)14(17)9-3-4-12(15)13(16)6-9/h3-8,14H,2,17H2,1H3. The molecule has 0 aliphatic carbocycles. The summed E-state index contributed by atoms with van der Waals surface area (Å²) >= 11 is 11.9. The number of nitrogens with zero attached hydrogens (tertiary/aromatic N) is 1. The second-order valence-corrected chi connectivity index (χ2v) is 4.85. The van der Waals surface area contributed by atoms with Gasteiger partial charge in [0.1, 0.15) is 5.75 Å². The largest absolute Gasteiger partial charge is 0.492 e. The van der Waals surface area contributed by atoms with Gasteiger partial charge in [-0.2, -0.15) is 0 Å². The third-order valence-corrected chi connectivity index (χ3v) is 3.45. The van der Waals surface area contributed by atoms with Crippen molar-refractivity contribution in [1.82, 2.24) is 4.98 Å². The zero-order valence-electron chi connectivity index (χ0n) is 10.4. The van der Waals surface area contributed by atoms with Crippen molar-refractivity contribution in [3.8, 4) is 5.75 Å². The van der Waals surface area contributed by atoms with E-state index in [0.29, 0.717) is 22.4 Å². The quantitative estimate of drug-likeness (QED) is 0.933. The third-order valence-electron chi connectivity index (χ3n) is 2.71. The Balaban J connectivity index is 2.29. The Kier molecular flexibility index (Phi) is 4.64. The predicted molar refractivity (Wildman–Crippen MR) is 77.9 cm³/mol. The molecule has 5 heteroatoms. The Hall–Kier alpha value is -1.29. The molecule has 1 atom stereocenters. The van der Waals surface area contributed by atoms with E-state index in [-0.39, 0.29) is 6.04 Å². The SMILES string of the molecule is CCOc1cncc(C(N)c2ccc(Cl)c(Cl)c2)c1. The molecule has 100 valence electrons. The second kappa shape index (κ2) is 6.24. The molecule has 0 spiro atoms. The number of halogens is 2. The lowest BCUT2D eigenvalue weighted by molar-refractivity contribution is 0.338. The van der Waals surface area contributed by atoms with E-state index in [2.05, 4.69) is 4.98 Å². The molecule has 0 amide bonds. The molecular weight excluding hydrogens is 283 g/mol. The number of rotatable bonds is 4. The second-order valence-electron chi connectivity index (χ2n) is 4.04. The van der Waals surface area contributed by atoms with Crippen molar-refractivity contribution in [2.75, 3.05) is 6.61 Å². The van der Waals surface area contributed by atoms with E-state index in [9.17, 15) is 0 Å². The van der Waals surface area contributed by atoms with Gasteiger partial charge in [0.2, 0.25) is 0 Å². The van der Waals surface area contributed by atoms with Gasteiger partial charge in [-0.15, -0.1) is 0 Å². The number of hydrogen-bond donors (Lipinski definition) is 1. The first-order valence-electron chi connectivity index (χ1n) is 5.90. The molecule has 2 N–H and O–H groups in total. The molecule has 1 heterocycles. The molecule has 19 heavy (non-hydrogen) atoms. The van der Waals surface area contributed by atoms with Crippen LogP contribution in [0.25, 0.3) is 0 Å². The van der Waals surface area contributed by atoms with Gasteiger partial charge in [-0.3, -0.25) is 4.98 Å². The number of ether oxygens (including phenoxy) is 1. The number of aromatic nitrogens is 1. The summed E-state index contributed by atoms with van der Waals surface area (Å²) < 4.78 is 5.41. The first-order valence-corrected chi connectivity index (χ1v) is 6.65. The summed E-state index contributed by atoms with van der Waals surface area (Å²) in [6.45, 7) is 2.51. The molecule has 0 bridgehead atoms. The van der Waals surface area contributed by atoms with Crippen LogP contribution in [0.2, 0.25) is 10.0 Å². The van der Waals surface area contributed by atoms with Crippen LogP contribution in [-0.2, 0) is 0 Å². The summed E-state index contributed by atoms with van der Waals surface area (Å²) in [6.07, 6.45) is 3.38. The normalized spacial score (nSPS) is 12.2. The molecule has 2 rings (SSSR count). The summed E-state index contributed by atoms with van der Waals surface area (Å²) in [4.78, 5) is 4.13. The smallest absolute Gasteiger partial charge is 0.137 e. The maximum absolute atomic E-state index is 6.20. The molecule has 2 aromatic rings. The van der Waals surface area contributed by atoms with Crippen LogP contribution in [0.15, 0.2) is 36.7 Å². The number of pyridine rings is 1. The van der Waals surface area contributed by atoms with Crippen molar-refractivity contribution in [2.45, 2.75) is 13.0 Å². The summed E-state index contributed by atoms with van der Waals surface area (Å²) in [6, 6.07) is 6.92. The third kappa shape index (κ3) is 3.38. The molecule has 1 aromatic heterocycles. The fourth-order valence-electron chi connectivity index (χ4n) is 1.75. The number of hydrogen-bond acceptors (Lipinski definition) is 3. The lowest BCUT2D eigenvalue weighted by Crippen LogP contribution is -2.12. The molecule has 0 fully saturated rings. The van der Waals surface area contributed by atoms with E-state index in [4.69, 9.17) is 33.7 Å². The number of benzene rings is 1. The average Bonchev–Trinajstić information content (AvgIpc) is 2.42. The molecule has 0 saturated carbocycles. The molecule has 1 aromatic carbocycles. The van der Waals surface area contributed by atoms with E-state index in [0.717, 1.165) is 11.1 Å². The molecular formula is C14H14Cl2N2O. The maximum Gasteiger partial charge on any atom is 0.137 e. The fraction of sp³-hybridized carbons (Fsp3) is 0.214. The summed E-state index contributed by atoms with van der Waals surface area (Å²) in [5, 5.41) is 1.00. The van der Waals surface area contributed by atoms with Crippen molar-refractivity contribution in [3.63, 3.8) is 0 Å². The van der Waals surface area contributed by atoms with Crippen molar-refractivity contribution >= 4 is 23.2 Å². The molecule has 0 radical (unpaired) electrons. The van der Waals surface area contributed by atoms with Gasteiger partial charge in [-0.25, -0.2) is 0 Å². The maximum atomic E-state index is 6.20. The van der Waals surface area contributed by atoms with Crippen LogP contribution in [0, 0.1) is 0 Å². The summed E-state index contributed by atoms with van der Waals surface area (Å²) in [5.41, 5.74) is 7.95. The van der Waals surface area contributed by atoms with Crippen LogP contribution in [0.5, 0.6) is 5.75 Å². The van der Waals surface area contributed by atoms with Gasteiger partial charge in [-0.05, 0) is 36.2 Å². The number of nitrogens with two attached hydrogens (primary N) is 1. The molecule has 1 unspecified atom stereocenters. The lowest BCUT2D eigenvalue weighted by Gasteiger charge is -2.14. The van der Waals surface area contributed by atoms with Crippen LogP contribution >= 0.6 is 23.2 Å². The Bertz CT molecular complexity index is 575. The van der Waals surface area contributed by atoms with E-state index in [1.54, 1.807) is 24.5 Å². The van der Waals surface area contributed by atoms with Crippen LogP contribution in [0.1, 0.15) is 24.1 Å². The van der Waals surface area contributed by atoms with Crippen molar-refractivity contribution in [3.05, 3.63) is 57.8 Å². The Morgan fingerprint density at radius 1 is 1.16 bits per heavy atom. The van der Waals surface area contributed by atoms with Gasteiger partial charge >= 0.3 is 0 Å². The molecule has 3 nitrogen and oxygen atoms in total. The minimum atomic E-state index is -0.317. The van der Waals surface area contributed by atoms with Gasteiger partial charge in [0.05, 0.1) is 28.9 Å². The Labute approximate surface area is 122 Å². The van der Waals surface area contributed by atoms with E-state index >= 15 is 0 Å². The van der Waals surface area contributed by atoms with Crippen LogP contribution in [0.4, 0.5) is 0 Å². The van der Waals surface area contributed by atoms with Gasteiger partial charge in [-0.1, -0.05) is 29.3 Å². The minimum Gasteiger partial charge on any atom is -0.492 e. The zero-order chi connectivity index (χ0) is 13.8. The van der Waals surface area contributed by atoms with Crippen molar-refractivity contribution in [2.24, 2.45) is 5.73 Å². The first kappa shape index (κ1) is 14.1. The van der Waals surface area contributed by atoms with E-state index < -0.39 is 0 Å². The van der Waals surface area contributed by atoms with Gasteiger partial charge in [0.15, 0.2) is 0 Å². The topological polar surface area (TPSA) is 48.1 Å². The van der Waals surface area contributed by atoms with Gasteiger partial charge in [0.25, 0.3) is 0 Å². The first-order chi connectivity index (χ1) is 9.11. The summed E-state index contributed by atoms with van der Waals surface area (Å²) in [7, 11) is 0. The molecule has 0 aliphatic rings. The van der Waals surface area contributed by atoms with Crippen LogP contribution in [-0.4, -0.2) is 11.6 Å². The monoisotopic (exact) mass is 296 g/mol. The highest BCUT2D eigenvalue weighted by Gasteiger charge is 2.12. The predicted octanol–water partition coefficient (Wildman–Crippen LogP) is 3.84. The fourth-order valence-corrected chi connectivity index (χ4v) is 2.06. The van der Waals surface area contributed by atoms with Crippen molar-refractivity contribution < 1.29 is 4.74 Å². The summed E-state index contributed by atoms with van der Waals surface area (Å²) in [5.74, 6) is 0.704. The lowest BCUT2D eigenvalue weighted by atomic mass is 10.0. The highest BCUT2D eigenvalue weighted by Crippen LogP contribution is 2.28. The van der Waals surface area contributed by atoms with E-state index in [1.165, 1.54) is 0 Å². The average molecular weight is 297 g/mol. The zero-order valence-corrected chi connectivity index (χ0v) is 11.9. The van der Waals surface area contributed by atoms with E-state index in [1.807, 2.05) is 19.1 Å². The molecule has 0 aliphatic heterocycles. The highest BCUT2D eigenvalue weighted by molar-refractivity contribution is 6.42.